The van der Waals surface area contributed by atoms with Crippen LogP contribution in [0.4, 0.5) is 0 Å². The molecule has 0 saturated heterocycles. The van der Waals surface area contributed by atoms with E-state index in [2.05, 4.69) is 23.4 Å². The molecule has 0 radical (unpaired) electrons. The summed E-state index contributed by atoms with van der Waals surface area (Å²) >= 11 is 0. The molecule has 1 aromatic rings. The number of aromatic nitrogens is 2. The van der Waals surface area contributed by atoms with Crippen LogP contribution >= 0.6 is 0 Å². The Hall–Kier alpha value is -0.870. The molecule has 0 aliphatic heterocycles. The van der Waals surface area contributed by atoms with Crippen molar-refractivity contribution in [3.05, 3.63) is 18.2 Å². The first-order valence-electron chi connectivity index (χ1n) is 5.46. The second-order valence-corrected chi connectivity index (χ2v) is 4.34. The molecule has 0 amide bonds. The number of hydrogen-bond acceptors (Lipinski definition) is 3. The maximum Gasteiger partial charge on any atom is 0.0950 e. The summed E-state index contributed by atoms with van der Waals surface area (Å²) in [6.07, 6.45) is 4.04. The van der Waals surface area contributed by atoms with E-state index in [-0.39, 0.29) is 12.0 Å². The highest BCUT2D eigenvalue weighted by Gasteiger charge is 2.17. The van der Waals surface area contributed by atoms with E-state index < -0.39 is 0 Å². The van der Waals surface area contributed by atoms with E-state index in [1.165, 1.54) is 0 Å². The molecule has 3 N–H and O–H groups in total. The topological polar surface area (TPSA) is 64.1 Å². The quantitative estimate of drug-likeness (QED) is 0.771. The first-order valence-corrected chi connectivity index (χ1v) is 5.46. The molecular weight excluding hydrogens is 190 g/mol. The monoisotopic (exact) mass is 211 g/mol. The smallest absolute Gasteiger partial charge is 0.0950 e. The minimum atomic E-state index is -0.325. The molecule has 0 saturated carbocycles. The second kappa shape index (κ2) is 5.28. The van der Waals surface area contributed by atoms with Crippen molar-refractivity contribution in [1.82, 2.24) is 9.55 Å². The Morgan fingerprint density at radius 3 is 2.60 bits per heavy atom. The van der Waals surface area contributed by atoms with Crippen LogP contribution in [-0.2, 0) is 0 Å². The number of aliphatic hydroxyl groups is 1. The van der Waals surface area contributed by atoms with Crippen molar-refractivity contribution >= 4 is 0 Å². The zero-order valence-electron chi connectivity index (χ0n) is 9.72. The van der Waals surface area contributed by atoms with Crippen molar-refractivity contribution < 1.29 is 5.11 Å². The number of rotatable bonds is 5. The SMILES string of the molecule is CC(O)CC(CN)c1cncn1C(C)C. The van der Waals surface area contributed by atoms with Gasteiger partial charge in [0.1, 0.15) is 0 Å². The normalized spacial score (nSPS) is 15.6. The largest absolute Gasteiger partial charge is 0.393 e. The van der Waals surface area contributed by atoms with Crippen LogP contribution < -0.4 is 5.73 Å². The zero-order chi connectivity index (χ0) is 11.4. The van der Waals surface area contributed by atoms with Crippen molar-refractivity contribution in [2.75, 3.05) is 6.54 Å². The maximum absolute atomic E-state index is 9.40. The number of imidazole rings is 1. The van der Waals surface area contributed by atoms with Gasteiger partial charge in [-0.05, 0) is 27.2 Å². The van der Waals surface area contributed by atoms with E-state index in [1.54, 1.807) is 6.92 Å². The Bertz CT molecular complexity index is 294. The van der Waals surface area contributed by atoms with Crippen LogP contribution in [0, 0.1) is 0 Å². The van der Waals surface area contributed by atoms with Gasteiger partial charge in [0.2, 0.25) is 0 Å². The Morgan fingerprint density at radius 2 is 2.13 bits per heavy atom. The van der Waals surface area contributed by atoms with Gasteiger partial charge in [0.15, 0.2) is 0 Å². The van der Waals surface area contributed by atoms with Crippen LogP contribution in [0.2, 0.25) is 0 Å². The average molecular weight is 211 g/mol. The minimum absolute atomic E-state index is 0.190. The summed E-state index contributed by atoms with van der Waals surface area (Å²) in [5.41, 5.74) is 6.85. The summed E-state index contributed by atoms with van der Waals surface area (Å²) in [6, 6.07) is 0.380. The Kier molecular flexibility index (Phi) is 4.29. The lowest BCUT2D eigenvalue weighted by atomic mass is 9.98. The number of hydrogen-bond donors (Lipinski definition) is 2. The number of nitrogens with two attached hydrogens (primary N) is 1. The van der Waals surface area contributed by atoms with Crippen LogP contribution in [0.1, 0.15) is 44.8 Å². The van der Waals surface area contributed by atoms with Crippen LogP contribution in [-0.4, -0.2) is 27.3 Å². The van der Waals surface area contributed by atoms with Gasteiger partial charge >= 0.3 is 0 Å². The molecule has 0 bridgehead atoms. The highest BCUT2D eigenvalue weighted by molar-refractivity contribution is 5.08. The third kappa shape index (κ3) is 3.04. The van der Waals surface area contributed by atoms with E-state index in [0.29, 0.717) is 19.0 Å². The molecule has 86 valence electrons. The first-order chi connectivity index (χ1) is 7.06. The Labute approximate surface area is 91.1 Å². The van der Waals surface area contributed by atoms with Crippen molar-refractivity contribution in [2.45, 2.75) is 45.3 Å². The van der Waals surface area contributed by atoms with Crippen LogP contribution in [0.25, 0.3) is 0 Å². The van der Waals surface area contributed by atoms with Crippen molar-refractivity contribution in [2.24, 2.45) is 5.73 Å². The summed E-state index contributed by atoms with van der Waals surface area (Å²) in [6.45, 7) is 6.56. The van der Waals surface area contributed by atoms with E-state index in [0.717, 1.165) is 5.69 Å². The summed E-state index contributed by atoms with van der Waals surface area (Å²) < 4.78 is 2.11. The summed E-state index contributed by atoms with van der Waals surface area (Å²) in [7, 11) is 0. The highest BCUT2D eigenvalue weighted by Crippen LogP contribution is 2.22. The molecule has 1 heterocycles. The van der Waals surface area contributed by atoms with Crippen molar-refractivity contribution in [1.29, 1.82) is 0 Å². The Morgan fingerprint density at radius 1 is 1.47 bits per heavy atom. The molecule has 4 nitrogen and oxygen atoms in total. The van der Waals surface area contributed by atoms with Crippen LogP contribution in [0.5, 0.6) is 0 Å². The predicted octanol–water partition coefficient (Wildman–Crippen LogP) is 1.28. The predicted molar refractivity (Wildman–Crippen MR) is 60.7 cm³/mol. The third-order valence-electron chi connectivity index (χ3n) is 2.58. The number of nitrogens with zero attached hydrogens (tertiary/aromatic N) is 2. The summed E-state index contributed by atoms with van der Waals surface area (Å²) in [4.78, 5) is 4.15. The van der Waals surface area contributed by atoms with Crippen LogP contribution in [0.15, 0.2) is 12.5 Å². The fourth-order valence-electron chi connectivity index (χ4n) is 1.81. The second-order valence-electron chi connectivity index (χ2n) is 4.34. The van der Waals surface area contributed by atoms with Gasteiger partial charge in [-0.1, -0.05) is 0 Å². The highest BCUT2D eigenvalue weighted by atomic mass is 16.3. The van der Waals surface area contributed by atoms with Crippen molar-refractivity contribution in [3.63, 3.8) is 0 Å². The molecule has 0 spiro atoms. The molecule has 1 rings (SSSR count). The van der Waals surface area contributed by atoms with E-state index in [1.807, 2.05) is 12.5 Å². The lowest BCUT2D eigenvalue weighted by molar-refractivity contribution is 0.173. The minimum Gasteiger partial charge on any atom is -0.393 e. The molecule has 0 aromatic carbocycles. The fraction of sp³-hybridized carbons (Fsp3) is 0.727. The lowest BCUT2D eigenvalue weighted by Crippen LogP contribution is -2.20. The van der Waals surface area contributed by atoms with Gasteiger partial charge in [-0.2, -0.15) is 0 Å². The first kappa shape index (κ1) is 12.2. The molecule has 4 heteroatoms. The zero-order valence-corrected chi connectivity index (χ0v) is 9.72. The van der Waals surface area contributed by atoms with Gasteiger partial charge < -0.3 is 15.4 Å². The fourth-order valence-corrected chi connectivity index (χ4v) is 1.81. The van der Waals surface area contributed by atoms with Gasteiger partial charge in [-0.25, -0.2) is 4.98 Å². The van der Waals surface area contributed by atoms with Crippen LogP contribution in [0.3, 0.4) is 0 Å². The van der Waals surface area contributed by atoms with Gasteiger partial charge in [0.25, 0.3) is 0 Å². The van der Waals surface area contributed by atoms with Crippen molar-refractivity contribution in [3.8, 4) is 0 Å². The molecule has 2 atom stereocenters. The molecule has 0 fully saturated rings. The molecule has 0 aliphatic rings. The van der Waals surface area contributed by atoms with E-state index in [9.17, 15) is 5.11 Å². The van der Waals surface area contributed by atoms with Gasteiger partial charge in [-0.15, -0.1) is 0 Å². The molecule has 0 aliphatic carbocycles. The van der Waals surface area contributed by atoms with Gasteiger partial charge in [-0.3, -0.25) is 0 Å². The number of aliphatic hydroxyl groups excluding tert-OH is 1. The van der Waals surface area contributed by atoms with E-state index >= 15 is 0 Å². The third-order valence-corrected chi connectivity index (χ3v) is 2.58. The maximum atomic E-state index is 9.40. The van der Waals surface area contributed by atoms with Gasteiger partial charge in [0, 0.05) is 30.4 Å². The Balaban J connectivity index is 2.86. The molecule has 1 aromatic heterocycles. The molecule has 2 unspecified atom stereocenters. The molecule has 15 heavy (non-hydrogen) atoms. The molecular formula is C11H21N3O. The van der Waals surface area contributed by atoms with E-state index in [4.69, 9.17) is 5.73 Å². The standard InChI is InChI=1S/C11H21N3O/c1-8(2)14-7-13-6-11(14)10(5-12)4-9(3)15/h6-10,15H,4-5,12H2,1-3H3. The summed E-state index contributed by atoms with van der Waals surface area (Å²) in [5.74, 6) is 0.190. The summed E-state index contributed by atoms with van der Waals surface area (Å²) in [5, 5.41) is 9.40. The van der Waals surface area contributed by atoms with Gasteiger partial charge in [0.05, 0.1) is 12.4 Å². The lowest BCUT2D eigenvalue weighted by Gasteiger charge is -2.20. The average Bonchev–Trinajstić information content (AvgIpc) is 2.62.